The predicted molar refractivity (Wildman–Crippen MR) is 86.8 cm³/mol. The number of nitrogens with zero attached hydrogens (tertiary/aromatic N) is 3. The third kappa shape index (κ3) is 3.42. The van der Waals surface area contributed by atoms with Crippen molar-refractivity contribution in [1.29, 1.82) is 0 Å². The van der Waals surface area contributed by atoms with Crippen molar-refractivity contribution in [2.45, 2.75) is 19.8 Å². The average Bonchev–Trinajstić information content (AvgIpc) is 2.56. The summed E-state index contributed by atoms with van der Waals surface area (Å²) in [6.45, 7) is 3.52. The molecule has 22 heavy (non-hydrogen) atoms. The van der Waals surface area contributed by atoms with Gasteiger partial charge < -0.3 is 10.2 Å². The van der Waals surface area contributed by atoms with E-state index in [9.17, 15) is 4.79 Å². The number of hydrogen-bond acceptors (Lipinski definition) is 4. The van der Waals surface area contributed by atoms with E-state index in [0.717, 1.165) is 36.7 Å². The van der Waals surface area contributed by atoms with E-state index in [1.165, 1.54) is 0 Å². The number of anilines is 2. The molecule has 2 aromatic rings. The second kappa shape index (κ2) is 6.56. The molecule has 5 nitrogen and oxygen atoms in total. The molecule has 1 fully saturated rings. The fourth-order valence-corrected chi connectivity index (χ4v) is 2.73. The Morgan fingerprint density at radius 2 is 2.09 bits per heavy atom. The van der Waals surface area contributed by atoms with Gasteiger partial charge in [0.25, 0.3) is 0 Å². The van der Waals surface area contributed by atoms with Crippen LogP contribution in [0.1, 0.15) is 18.5 Å². The second-order valence-electron chi connectivity index (χ2n) is 5.64. The Morgan fingerprint density at radius 1 is 1.27 bits per heavy atom. The number of nitrogens with one attached hydrogen (secondary N) is 1. The Balaban J connectivity index is 1.66. The number of aryl methyl sites for hydroxylation is 1. The number of hydrogen-bond donors (Lipinski definition) is 1. The standard InChI is InChI=1S/C17H20N4O/c1-13-9-10-18-17(19-13)21-11-5-6-14(12-21)16(22)20-15-7-3-2-4-8-15/h2-4,7-10,14H,5-6,11-12H2,1H3,(H,20,22)/t14-/m1/s1. The van der Waals surface area contributed by atoms with Crippen molar-refractivity contribution in [3.8, 4) is 0 Å². The van der Waals surface area contributed by atoms with E-state index in [0.29, 0.717) is 6.54 Å². The zero-order valence-corrected chi connectivity index (χ0v) is 12.7. The Morgan fingerprint density at radius 3 is 2.86 bits per heavy atom. The third-order valence-corrected chi connectivity index (χ3v) is 3.90. The number of aromatic nitrogens is 2. The van der Waals surface area contributed by atoms with Crippen molar-refractivity contribution in [2.75, 3.05) is 23.3 Å². The van der Waals surface area contributed by atoms with Crippen molar-refractivity contribution < 1.29 is 4.79 Å². The van der Waals surface area contributed by atoms with E-state index in [-0.39, 0.29) is 11.8 Å². The van der Waals surface area contributed by atoms with Crippen molar-refractivity contribution >= 4 is 17.5 Å². The van der Waals surface area contributed by atoms with Gasteiger partial charge in [-0.1, -0.05) is 18.2 Å². The van der Waals surface area contributed by atoms with Crippen LogP contribution in [-0.4, -0.2) is 29.0 Å². The molecule has 0 spiro atoms. The number of amides is 1. The maximum absolute atomic E-state index is 12.4. The Bertz CT molecular complexity index is 644. The fourth-order valence-electron chi connectivity index (χ4n) is 2.73. The third-order valence-electron chi connectivity index (χ3n) is 3.90. The van der Waals surface area contributed by atoms with Gasteiger partial charge in [0, 0.05) is 30.7 Å². The molecular formula is C17H20N4O. The van der Waals surface area contributed by atoms with Crippen molar-refractivity contribution in [2.24, 2.45) is 5.92 Å². The summed E-state index contributed by atoms with van der Waals surface area (Å²) in [6, 6.07) is 11.5. The molecule has 0 aliphatic carbocycles. The lowest BCUT2D eigenvalue weighted by molar-refractivity contribution is -0.120. The summed E-state index contributed by atoms with van der Waals surface area (Å²) in [5.41, 5.74) is 1.79. The Labute approximate surface area is 130 Å². The monoisotopic (exact) mass is 296 g/mol. The van der Waals surface area contributed by atoms with Crippen LogP contribution in [0.25, 0.3) is 0 Å². The maximum Gasteiger partial charge on any atom is 0.229 e. The van der Waals surface area contributed by atoms with Gasteiger partial charge in [0.1, 0.15) is 0 Å². The Kier molecular flexibility index (Phi) is 4.32. The number of para-hydroxylation sites is 1. The molecule has 0 radical (unpaired) electrons. The molecule has 0 unspecified atom stereocenters. The summed E-state index contributed by atoms with van der Waals surface area (Å²) < 4.78 is 0. The first-order valence-corrected chi connectivity index (χ1v) is 7.63. The molecule has 1 amide bonds. The number of benzene rings is 1. The maximum atomic E-state index is 12.4. The van der Waals surface area contributed by atoms with E-state index in [4.69, 9.17) is 0 Å². The van der Waals surface area contributed by atoms with Gasteiger partial charge in [0.05, 0.1) is 5.92 Å². The van der Waals surface area contributed by atoms with Gasteiger partial charge in [-0.15, -0.1) is 0 Å². The average molecular weight is 296 g/mol. The van der Waals surface area contributed by atoms with Crippen molar-refractivity contribution in [1.82, 2.24) is 9.97 Å². The zero-order chi connectivity index (χ0) is 15.4. The van der Waals surface area contributed by atoms with Gasteiger partial charge in [-0.25, -0.2) is 9.97 Å². The first-order valence-electron chi connectivity index (χ1n) is 7.63. The summed E-state index contributed by atoms with van der Waals surface area (Å²) in [7, 11) is 0. The molecule has 114 valence electrons. The number of carbonyl (C=O) groups excluding carboxylic acids is 1. The highest BCUT2D eigenvalue weighted by Crippen LogP contribution is 2.21. The highest BCUT2D eigenvalue weighted by molar-refractivity contribution is 5.93. The molecule has 1 saturated heterocycles. The summed E-state index contributed by atoms with van der Waals surface area (Å²) in [5, 5.41) is 2.99. The van der Waals surface area contributed by atoms with Crippen LogP contribution in [0.4, 0.5) is 11.6 Å². The summed E-state index contributed by atoms with van der Waals surface area (Å²) >= 11 is 0. The van der Waals surface area contributed by atoms with Crippen LogP contribution in [0.5, 0.6) is 0 Å². The number of piperidine rings is 1. The largest absolute Gasteiger partial charge is 0.340 e. The summed E-state index contributed by atoms with van der Waals surface area (Å²) in [4.78, 5) is 23.3. The first kappa shape index (κ1) is 14.5. The van der Waals surface area contributed by atoms with Gasteiger partial charge in [0.15, 0.2) is 0 Å². The predicted octanol–water partition coefficient (Wildman–Crippen LogP) is 2.64. The zero-order valence-electron chi connectivity index (χ0n) is 12.7. The van der Waals surface area contributed by atoms with Crippen LogP contribution >= 0.6 is 0 Å². The van der Waals surface area contributed by atoms with Crippen LogP contribution in [0.15, 0.2) is 42.6 Å². The Hall–Kier alpha value is -2.43. The first-order chi connectivity index (χ1) is 10.7. The number of carbonyl (C=O) groups is 1. The van der Waals surface area contributed by atoms with E-state index in [1.807, 2.05) is 43.3 Å². The molecule has 5 heteroatoms. The molecule has 1 aliphatic heterocycles. The van der Waals surface area contributed by atoms with Crippen molar-refractivity contribution in [3.05, 3.63) is 48.3 Å². The summed E-state index contributed by atoms with van der Waals surface area (Å²) in [5.74, 6) is 0.763. The normalized spacial score (nSPS) is 18.0. The van der Waals surface area contributed by atoms with Gasteiger partial charge in [-0.05, 0) is 38.0 Å². The molecule has 2 heterocycles. The van der Waals surface area contributed by atoms with Gasteiger partial charge in [-0.3, -0.25) is 4.79 Å². The molecular weight excluding hydrogens is 276 g/mol. The molecule has 1 aromatic carbocycles. The fraction of sp³-hybridized carbons (Fsp3) is 0.353. The lowest BCUT2D eigenvalue weighted by atomic mass is 9.97. The molecule has 3 rings (SSSR count). The minimum atomic E-state index is -0.0296. The topological polar surface area (TPSA) is 58.1 Å². The lowest BCUT2D eigenvalue weighted by Gasteiger charge is -2.32. The van der Waals surface area contributed by atoms with E-state index in [1.54, 1.807) is 6.20 Å². The van der Waals surface area contributed by atoms with E-state index in [2.05, 4.69) is 20.2 Å². The van der Waals surface area contributed by atoms with Crippen LogP contribution < -0.4 is 10.2 Å². The molecule has 1 aromatic heterocycles. The van der Waals surface area contributed by atoms with Crippen molar-refractivity contribution in [3.63, 3.8) is 0 Å². The smallest absolute Gasteiger partial charge is 0.229 e. The molecule has 0 bridgehead atoms. The second-order valence-corrected chi connectivity index (χ2v) is 5.64. The van der Waals surface area contributed by atoms with Crippen LogP contribution in [0.3, 0.4) is 0 Å². The minimum absolute atomic E-state index is 0.0296. The quantitative estimate of drug-likeness (QED) is 0.946. The van der Waals surface area contributed by atoms with Gasteiger partial charge in [0.2, 0.25) is 11.9 Å². The van der Waals surface area contributed by atoms with E-state index >= 15 is 0 Å². The molecule has 1 N–H and O–H groups in total. The van der Waals surface area contributed by atoms with E-state index < -0.39 is 0 Å². The van der Waals surface area contributed by atoms with Crippen LogP contribution in [-0.2, 0) is 4.79 Å². The summed E-state index contributed by atoms with van der Waals surface area (Å²) in [6.07, 6.45) is 3.65. The lowest BCUT2D eigenvalue weighted by Crippen LogP contribution is -2.41. The molecule has 1 atom stereocenters. The highest BCUT2D eigenvalue weighted by atomic mass is 16.1. The van der Waals surface area contributed by atoms with Crippen LogP contribution in [0.2, 0.25) is 0 Å². The molecule has 1 aliphatic rings. The van der Waals surface area contributed by atoms with Gasteiger partial charge >= 0.3 is 0 Å². The molecule has 0 saturated carbocycles. The van der Waals surface area contributed by atoms with Crippen LogP contribution in [0, 0.1) is 12.8 Å². The van der Waals surface area contributed by atoms with Gasteiger partial charge in [-0.2, -0.15) is 0 Å². The highest BCUT2D eigenvalue weighted by Gasteiger charge is 2.27. The minimum Gasteiger partial charge on any atom is -0.340 e. The SMILES string of the molecule is Cc1ccnc(N2CCC[C@@H](C(=O)Nc3ccccc3)C2)n1. The number of rotatable bonds is 3.